The molecule has 0 aromatic carbocycles. The standard InChI is InChI=1S/C10H13ClN2/c1-10(4-2-5-10)13-9-3-6-12-7-8(9)11/h3,6-7H,2,4-5H2,1H3,(H,12,13). The molecule has 13 heavy (non-hydrogen) atoms. The van der Waals surface area contributed by atoms with E-state index in [0.717, 1.165) is 5.69 Å². The van der Waals surface area contributed by atoms with Gasteiger partial charge in [0.1, 0.15) is 0 Å². The van der Waals surface area contributed by atoms with Gasteiger partial charge in [-0.25, -0.2) is 0 Å². The highest BCUT2D eigenvalue weighted by Crippen LogP contribution is 2.36. The van der Waals surface area contributed by atoms with E-state index in [9.17, 15) is 0 Å². The molecule has 2 nitrogen and oxygen atoms in total. The average Bonchev–Trinajstić information content (AvgIpc) is 2.06. The van der Waals surface area contributed by atoms with E-state index in [1.165, 1.54) is 19.3 Å². The fourth-order valence-electron chi connectivity index (χ4n) is 1.63. The summed E-state index contributed by atoms with van der Waals surface area (Å²) in [4.78, 5) is 3.95. The second kappa shape index (κ2) is 3.18. The van der Waals surface area contributed by atoms with Gasteiger partial charge in [-0.15, -0.1) is 0 Å². The molecule has 1 fully saturated rings. The lowest BCUT2D eigenvalue weighted by molar-refractivity contribution is 0.306. The number of nitrogens with zero attached hydrogens (tertiary/aromatic N) is 1. The Labute approximate surface area is 83.3 Å². The zero-order valence-electron chi connectivity index (χ0n) is 7.68. The summed E-state index contributed by atoms with van der Waals surface area (Å²) in [7, 11) is 0. The zero-order chi connectivity index (χ0) is 9.31. The Morgan fingerprint density at radius 1 is 1.54 bits per heavy atom. The van der Waals surface area contributed by atoms with Crippen molar-refractivity contribution in [3.63, 3.8) is 0 Å². The van der Waals surface area contributed by atoms with Crippen LogP contribution in [0.5, 0.6) is 0 Å². The van der Waals surface area contributed by atoms with Crippen LogP contribution >= 0.6 is 11.6 Å². The molecule has 0 saturated heterocycles. The SMILES string of the molecule is CC1(Nc2ccncc2Cl)CCC1. The van der Waals surface area contributed by atoms with Crippen LogP contribution in [0.2, 0.25) is 5.02 Å². The van der Waals surface area contributed by atoms with Gasteiger partial charge in [-0.2, -0.15) is 0 Å². The predicted molar refractivity (Wildman–Crippen MR) is 55.1 cm³/mol. The van der Waals surface area contributed by atoms with Crippen LogP contribution in [-0.4, -0.2) is 10.5 Å². The summed E-state index contributed by atoms with van der Waals surface area (Å²) in [5.74, 6) is 0. The van der Waals surface area contributed by atoms with E-state index in [1.807, 2.05) is 6.07 Å². The molecular weight excluding hydrogens is 184 g/mol. The second-order valence-corrected chi connectivity index (χ2v) is 4.30. The molecule has 1 aliphatic carbocycles. The van der Waals surface area contributed by atoms with Crippen molar-refractivity contribution in [2.75, 3.05) is 5.32 Å². The summed E-state index contributed by atoms with van der Waals surface area (Å²) in [6, 6.07) is 1.92. The molecule has 0 aliphatic heterocycles. The summed E-state index contributed by atoms with van der Waals surface area (Å²) in [6.45, 7) is 2.23. The Morgan fingerprint density at radius 3 is 2.85 bits per heavy atom. The van der Waals surface area contributed by atoms with Crippen molar-refractivity contribution in [1.29, 1.82) is 0 Å². The monoisotopic (exact) mass is 196 g/mol. The number of aromatic nitrogens is 1. The van der Waals surface area contributed by atoms with E-state index in [4.69, 9.17) is 11.6 Å². The molecule has 0 unspecified atom stereocenters. The number of hydrogen-bond acceptors (Lipinski definition) is 2. The first kappa shape index (κ1) is 8.82. The summed E-state index contributed by atoms with van der Waals surface area (Å²) >= 11 is 5.99. The lowest BCUT2D eigenvalue weighted by atomic mass is 9.78. The summed E-state index contributed by atoms with van der Waals surface area (Å²) < 4.78 is 0. The second-order valence-electron chi connectivity index (χ2n) is 3.89. The van der Waals surface area contributed by atoms with Gasteiger partial charge >= 0.3 is 0 Å². The number of nitrogens with one attached hydrogen (secondary N) is 1. The van der Waals surface area contributed by atoms with Gasteiger partial charge in [-0.3, -0.25) is 4.98 Å². The molecule has 0 amide bonds. The van der Waals surface area contributed by atoms with Gasteiger partial charge in [0.05, 0.1) is 10.7 Å². The van der Waals surface area contributed by atoms with Crippen molar-refractivity contribution >= 4 is 17.3 Å². The molecule has 2 rings (SSSR count). The van der Waals surface area contributed by atoms with Crippen molar-refractivity contribution in [3.8, 4) is 0 Å². The largest absolute Gasteiger partial charge is 0.379 e. The average molecular weight is 197 g/mol. The molecule has 0 radical (unpaired) electrons. The minimum Gasteiger partial charge on any atom is -0.379 e. The summed E-state index contributed by atoms with van der Waals surface area (Å²) in [5.41, 5.74) is 1.25. The van der Waals surface area contributed by atoms with E-state index in [1.54, 1.807) is 12.4 Å². The molecule has 3 heteroatoms. The highest BCUT2D eigenvalue weighted by atomic mass is 35.5. The Hall–Kier alpha value is -0.760. The van der Waals surface area contributed by atoms with E-state index >= 15 is 0 Å². The quantitative estimate of drug-likeness (QED) is 0.787. The summed E-state index contributed by atoms with van der Waals surface area (Å²) in [6.07, 6.45) is 7.20. The molecule has 1 N–H and O–H groups in total. The lowest BCUT2D eigenvalue weighted by Crippen LogP contribution is -2.41. The van der Waals surface area contributed by atoms with Crippen molar-refractivity contribution in [2.45, 2.75) is 31.7 Å². The smallest absolute Gasteiger partial charge is 0.0820 e. The third-order valence-electron chi connectivity index (χ3n) is 2.67. The van der Waals surface area contributed by atoms with Gasteiger partial charge in [0, 0.05) is 17.9 Å². The third kappa shape index (κ3) is 1.78. The van der Waals surface area contributed by atoms with E-state index in [-0.39, 0.29) is 5.54 Å². The molecule has 1 aliphatic rings. The summed E-state index contributed by atoms with van der Waals surface area (Å²) in [5, 5.41) is 4.16. The molecule has 0 atom stereocenters. The molecule has 0 spiro atoms. The number of anilines is 1. The van der Waals surface area contributed by atoms with Gasteiger partial charge in [-0.1, -0.05) is 11.6 Å². The maximum atomic E-state index is 5.99. The Bertz CT molecular complexity index is 308. The van der Waals surface area contributed by atoms with Gasteiger partial charge in [0.15, 0.2) is 0 Å². The maximum absolute atomic E-state index is 5.99. The first-order valence-electron chi connectivity index (χ1n) is 4.57. The molecule has 0 bridgehead atoms. The van der Waals surface area contributed by atoms with Crippen LogP contribution in [0, 0.1) is 0 Å². The van der Waals surface area contributed by atoms with Gasteiger partial charge in [0.2, 0.25) is 0 Å². The highest BCUT2D eigenvalue weighted by molar-refractivity contribution is 6.33. The predicted octanol–water partition coefficient (Wildman–Crippen LogP) is 3.09. The highest BCUT2D eigenvalue weighted by Gasteiger charge is 2.31. The van der Waals surface area contributed by atoms with Crippen LogP contribution in [0.3, 0.4) is 0 Å². The fourth-order valence-corrected chi connectivity index (χ4v) is 1.80. The van der Waals surface area contributed by atoms with Crippen molar-refractivity contribution in [1.82, 2.24) is 4.98 Å². The van der Waals surface area contributed by atoms with Crippen molar-refractivity contribution in [3.05, 3.63) is 23.5 Å². The lowest BCUT2D eigenvalue weighted by Gasteiger charge is -2.40. The van der Waals surface area contributed by atoms with Crippen LogP contribution in [-0.2, 0) is 0 Å². The third-order valence-corrected chi connectivity index (χ3v) is 2.97. The zero-order valence-corrected chi connectivity index (χ0v) is 8.43. The topological polar surface area (TPSA) is 24.9 Å². The minimum absolute atomic E-state index is 0.255. The van der Waals surface area contributed by atoms with Crippen molar-refractivity contribution in [2.24, 2.45) is 0 Å². The van der Waals surface area contributed by atoms with Gasteiger partial charge in [0.25, 0.3) is 0 Å². The molecule has 1 aromatic rings. The molecule has 1 aromatic heterocycles. The normalized spacial score (nSPS) is 19.2. The van der Waals surface area contributed by atoms with Crippen LogP contribution in [0.25, 0.3) is 0 Å². The Balaban J connectivity index is 2.13. The minimum atomic E-state index is 0.255. The number of hydrogen-bond donors (Lipinski definition) is 1. The number of halogens is 1. The van der Waals surface area contributed by atoms with E-state index in [0.29, 0.717) is 5.02 Å². The van der Waals surface area contributed by atoms with Crippen LogP contribution in [0.15, 0.2) is 18.5 Å². The molecule has 1 heterocycles. The van der Waals surface area contributed by atoms with Gasteiger partial charge in [-0.05, 0) is 32.3 Å². The fraction of sp³-hybridized carbons (Fsp3) is 0.500. The molecule has 70 valence electrons. The van der Waals surface area contributed by atoms with Crippen LogP contribution in [0.1, 0.15) is 26.2 Å². The maximum Gasteiger partial charge on any atom is 0.0820 e. The first-order valence-corrected chi connectivity index (χ1v) is 4.95. The Kier molecular flexibility index (Phi) is 2.16. The van der Waals surface area contributed by atoms with Crippen LogP contribution < -0.4 is 5.32 Å². The molecule has 1 saturated carbocycles. The first-order chi connectivity index (χ1) is 6.20. The van der Waals surface area contributed by atoms with Crippen LogP contribution in [0.4, 0.5) is 5.69 Å². The van der Waals surface area contributed by atoms with Gasteiger partial charge < -0.3 is 5.32 Å². The molecular formula is C10H13ClN2. The van der Waals surface area contributed by atoms with E-state index < -0.39 is 0 Å². The number of pyridine rings is 1. The number of rotatable bonds is 2. The Morgan fingerprint density at radius 2 is 2.31 bits per heavy atom. The van der Waals surface area contributed by atoms with Crippen molar-refractivity contribution < 1.29 is 0 Å². The van der Waals surface area contributed by atoms with E-state index in [2.05, 4.69) is 17.2 Å².